The van der Waals surface area contributed by atoms with Gasteiger partial charge in [0.15, 0.2) is 6.61 Å². The van der Waals surface area contributed by atoms with Gasteiger partial charge in [-0.15, -0.1) is 0 Å². The minimum Gasteiger partial charge on any atom is -0.455 e. The van der Waals surface area contributed by atoms with E-state index in [1.54, 1.807) is 11.9 Å². The van der Waals surface area contributed by atoms with Crippen molar-refractivity contribution >= 4 is 17.6 Å². The molecule has 0 saturated heterocycles. The highest BCUT2D eigenvalue weighted by molar-refractivity contribution is 5.83. The zero-order chi connectivity index (χ0) is 19.9. The summed E-state index contributed by atoms with van der Waals surface area (Å²) < 4.78 is 5.56. The van der Waals surface area contributed by atoms with Gasteiger partial charge in [-0.2, -0.15) is 0 Å². The molecule has 0 aromatic heterocycles. The lowest BCUT2D eigenvalue weighted by Crippen LogP contribution is -2.51. The monoisotopic (exact) mass is 384 g/mol. The molecule has 4 aliphatic rings. The van der Waals surface area contributed by atoms with Crippen molar-refractivity contribution in [3.8, 4) is 0 Å². The van der Waals surface area contributed by atoms with Gasteiger partial charge in [-0.25, -0.2) is 0 Å². The van der Waals surface area contributed by atoms with Crippen LogP contribution in [0.4, 0.5) is 5.69 Å². The van der Waals surface area contributed by atoms with Crippen molar-refractivity contribution in [3.63, 3.8) is 0 Å². The van der Waals surface area contributed by atoms with E-state index >= 15 is 0 Å². The largest absolute Gasteiger partial charge is 0.455 e. The third kappa shape index (κ3) is 3.76. The Labute approximate surface area is 168 Å². The van der Waals surface area contributed by atoms with E-state index < -0.39 is 0 Å². The van der Waals surface area contributed by atoms with Gasteiger partial charge in [0, 0.05) is 33.4 Å². The van der Waals surface area contributed by atoms with Crippen LogP contribution in [0.1, 0.15) is 44.1 Å². The van der Waals surface area contributed by atoms with Crippen molar-refractivity contribution < 1.29 is 14.3 Å². The van der Waals surface area contributed by atoms with Gasteiger partial charge in [-0.05, 0) is 74.0 Å². The Kier molecular flexibility index (Phi) is 5.11. The van der Waals surface area contributed by atoms with Crippen molar-refractivity contribution in [3.05, 3.63) is 29.8 Å². The van der Waals surface area contributed by atoms with Gasteiger partial charge < -0.3 is 14.5 Å². The van der Waals surface area contributed by atoms with E-state index in [2.05, 4.69) is 0 Å². The molecule has 0 heterocycles. The Bertz CT molecular complexity index is 705. The zero-order valence-electron chi connectivity index (χ0n) is 17.3. The van der Waals surface area contributed by atoms with Crippen LogP contribution in [0.5, 0.6) is 0 Å². The van der Waals surface area contributed by atoms with Crippen molar-refractivity contribution in [2.45, 2.75) is 45.1 Å². The van der Waals surface area contributed by atoms with E-state index in [1.807, 2.05) is 43.3 Å². The number of hydrogen-bond donors (Lipinski definition) is 0. The fourth-order valence-electron chi connectivity index (χ4n) is 6.01. The number of carbonyl (C=O) groups excluding carboxylic acids is 2. The molecule has 5 rings (SSSR count). The summed E-state index contributed by atoms with van der Waals surface area (Å²) in [5.74, 6) is 1.82. The summed E-state index contributed by atoms with van der Waals surface area (Å²) in [6, 6.07) is 8.14. The van der Waals surface area contributed by atoms with E-state index in [0.717, 1.165) is 30.5 Å². The molecule has 5 nitrogen and oxygen atoms in total. The van der Waals surface area contributed by atoms with Gasteiger partial charge >= 0.3 is 5.97 Å². The van der Waals surface area contributed by atoms with Gasteiger partial charge in [-0.3, -0.25) is 9.59 Å². The van der Waals surface area contributed by atoms with Crippen LogP contribution in [0.2, 0.25) is 0 Å². The molecule has 4 saturated carbocycles. The number of hydrogen-bond acceptors (Lipinski definition) is 4. The average molecular weight is 385 g/mol. The third-order valence-electron chi connectivity index (χ3n) is 7.10. The number of nitrogens with zero attached hydrogens (tertiary/aromatic N) is 2. The summed E-state index contributed by atoms with van der Waals surface area (Å²) in [4.78, 5) is 29.1. The number of amides is 1. The second-order valence-corrected chi connectivity index (χ2v) is 9.58. The molecule has 1 aromatic carbocycles. The van der Waals surface area contributed by atoms with Gasteiger partial charge in [-0.1, -0.05) is 12.1 Å². The maximum absolute atomic E-state index is 12.9. The van der Waals surface area contributed by atoms with Crippen LogP contribution < -0.4 is 4.90 Å². The minimum atomic E-state index is -0.296. The SMILES string of the molecule is CN(Cc1ccc(N(C)C)cc1)C(=O)COC(=O)C12CC3CC(CC(C3)C1)C2. The molecule has 152 valence electrons. The Morgan fingerprint density at radius 3 is 2.00 bits per heavy atom. The normalized spacial score (nSPS) is 30.2. The predicted octanol–water partition coefficient (Wildman–Crippen LogP) is 3.47. The molecular formula is C23H32N2O3. The first-order valence-electron chi connectivity index (χ1n) is 10.5. The van der Waals surface area contributed by atoms with Crippen LogP contribution in [0.3, 0.4) is 0 Å². The van der Waals surface area contributed by atoms with Crippen molar-refractivity contribution in [1.29, 1.82) is 0 Å². The van der Waals surface area contributed by atoms with Crippen LogP contribution in [-0.4, -0.2) is 44.5 Å². The van der Waals surface area contributed by atoms with Gasteiger partial charge in [0.2, 0.25) is 0 Å². The smallest absolute Gasteiger partial charge is 0.312 e. The lowest BCUT2D eigenvalue weighted by atomic mass is 9.49. The molecular weight excluding hydrogens is 352 g/mol. The van der Waals surface area contributed by atoms with Crippen LogP contribution >= 0.6 is 0 Å². The summed E-state index contributed by atoms with van der Waals surface area (Å²) in [5, 5.41) is 0. The van der Waals surface area contributed by atoms with E-state index in [-0.39, 0.29) is 23.9 Å². The minimum absolute atomic E-state index is 0.122. The predicted molar refractivity (Wildman–Crippen MR) is 109 cm³/mol. The van der Waals surface area contributed by atoms with Crippen LogP contribution in [0.15, 0.2) is 24.3 Å². The number of rotatable bonds is 6. The Hall–Kier alpha value is -2.04. The number of ether oxygens (including phenoxy) is 1. The maximum atomic E-state index is 12.9. The molecule has 0 N–H and O–H groups in total. The first kappa shape index (κ1) is 19.3. The number of benzene rings is 1. The summed E-state index contributed by atoms with van der Waals surface area (Å²) in [5.41, 5.74) is 1.89. The third-order valence-corrected chi connectivity index (χ3v) is 7.10. The second-order valence-electron chi connectivity index (χ2n) is 9.58. The topological polar surface area (TPSA) is 49.9 Å². The first-order chi connectivity index (χ1) is 13.3. The number of anilines is 1. The highest BCUT2D eigenvalue weighted by Crippen LogP contribution is 2.60. The highest BCUT2D eigenvalue weighted by atomic mass is 16.5. The molecule has 1 amide bonds. The maximum Gasteiger partial charge on any atom is 0.312 e. The van der Waals surface area contributed by atoms with E-state index in [4.69, 9.17) is 4.74 Å². The Morgan fingerprint density at radius 1 is 0.964 bits per heavy atom. The molecule has 0 unspecified atom stereocenters. The lowest BCUT2D eigenvalue weighted by molar-refractivity contribution is -0.174. The summed E-state index contributed by atoms with van der Waals surface area (Å²) in [6.45, 7) is 0.369. The number of carbonyl (C=O) groups is 2. The van der Waals surface area contributed by atoms with Gasteiger partial charge in [0.05, 0.1) is 5.41 Å². The molecule has 0 atom stereocenters. The van der Waals surface area contributed by atoms with Gasteiger partial charge in [0.25, 0.3) is 5.91 Å². The summed E-state index contributed by atoms with van der Waals surface area (Å²) in [6.07, 6.45) is 6.79. The second kappa shape index (κ2) is 7.41. The lowest BCUT2D eigenvalue weighted by Gasteiger charge is -2.55. The van der Waals surface area contributed by atoms with Crippen molar-refractivity contribution in [2.24, 2.45) is 23.2 Å². The zero-order valence-corrected chi connectivity index (χ0v) is 17.3. The molecule has 0 aliphatic heterocycles. The Balaban J connectivity index is 1.29. The van der Waals surface area contributed by atoms with E-state index in [1.165, 1.54) is 19.3 Å². The van der Waals surface area contributed by atoms with Crippen molar-refractivity contribution in [2.75, 3.05) is 32.6 Å². The number of esters is 1. The van der Waals surface area contributed by atoms with Crippen LogP contribution in [-0.2, 0) is 20.9 Å². The summed E-state index contributed by atoms with van der Waals surface area (Å²) >= 11 is 0. The van der Waals surface area contributed by atoms with E-state index in [9.17, 15) is 9.59 Å². The molecule has 1 aromatic rings. The molecule has 0 radical (unpaired) electrons. The highest BCUT2D eigenvalue weighted by Gasteiger charge is 2.55. The first-order valence-corrected chi connectivity index (χ1v) is 10.5. The van der Waals surface area contributed by atoms with Crippen molar-refractivity contribution in [1.82, 2.24) is 4.90 Å². The van der Waals surface area contributed by atoms with E-state index in [0.29, 0.717) is 24.3 Å². The fraction of sp³-hybridized carbons (Fsp3) is 0.652. The molecule has 4 bridgehead atoms. The molecule has 4 aliphatic carbocycles. The molecule has 28 heavy (non-hydrogen) atoms. The van der Waals surface area contributed by atoms with Crippen LogP contribution in [0, 0.1) is 23.2 Å². The standard InChI is InChI=1S/C23H32N2O3/c1-24(2)20-6-4-16(5-7-20)14-25(3)21(26)15-28-22(27)23-11-17-8-18(12-23)10-19(9-17)13-23/h4-7,17-19H,8-15H2,1-3H3. The summed E-state index contributed by atoms with van der Waals surface area (Å²) in [7, 11) is 5.77. The fourth-order valence-corrected chi connectivity index (χ4v) is 6.01. The Morgan fingerprint density at radius 2 is 1.50 bits per heavy atom. The number of likely N-dealkylation sites (N-methyl/N-ethyl adjacent to an activating group) is 1. The molecule has 0 spiro atoms. The average Bonchev–Trinajstić information content (AvgIpc) is 2.65. The van der Waals surface area contributed by atoms with Gasteiger partial charge in [0.1, 0.15) is 0 Å². The van der Waals surface area contributed by atoms with Crippen LogP contribution in [0.25, 0.3) is 0 Å². The quantitative estimate of drug-likeness (QED) is 0.705. The molecule has 5 heteroatoms. The molecule has 4 fully saturated rings.